The van der Waals surface area contributed by atoms with Gasteiger partial charge in [-0.2, -0.15) is 10.3 Å². The van der Waals surface area contributed by atoms with Gasteiger partial charge in [0, 0.05) is 32.5 Å². The van der Waals surface area contributed by atoms with Crippen molar-refractivity contribution in [1.82, 2.24) is 9.96 Å². The fourth-order valence-corrected chi connectivity index (χ4v) is 4.27. The number of carbonyl (C=O) groups excluding carboxylic acids is 1. The van der Waals surface area contributed by atoms with Gasteiger partial charge in [0.2, 0.25) is 5.91 Å². The van der Waals surface area contributed by atoms with E-state index < -0.39 is 0 Å². The zero-order chi connectivity index (χ0) is 19.0. The summed E-state index contributed by atoms with van der Waals surface area (Å²) in [5.41, 5.74) is 4.00. The van der Waals surface area contributed by atoms with Crippen LogP contribution in [0.25, 0.3) is 11.1 Å². The van der Waals surface area contributed by atoms with Crippen LogP contribution in [0.5, 0.6) is 0 Å². The second-order valence-electron chi connectivity index (χ2n) is 7.40. The van der Waals surface area contributed by atoms with Crippen LogP contribution in [0.3, 0.4) is 0 Å². The number of fused-ring (bicyclic) bond motifs is 1. The number of nitriles is 1. The zero-order valence-electron chi connectivity index (χ0n) is 15.6. The van der Waals surface area contributed by atoms with Gasteiger partial charge in [0.25, 0.3) is 0 Å². The van der Waals surface area contributed by atoms with E-state index in [9.17, 15) is 4.79 Å². The van der Waals surface area contributed by atoms with E-state index in [0.29, 0.717) is 24.1 Å². The minimum Gasteiger partial charge on any atom is -0.335 e. The summed E-state index contributed by atoms with van der Waals surface area (Å²) in [7, 11) is 1.99. The predicted molar refractivity (Wildman–Crippen MR) is 102 cm³/mol. The number of benzene rings is 2. The van der Waals surface area contributed by atoms with Gasteiger partial charge in [0.15, 0.2) is 0 Å². The first kappa shape index (κ1) is 17.7. The van der Waals surface area contributed by atoms with Crippen molar-refractivity contribution in [3.63, 3.8) is 0 Å². The quantitative estimate of drug-likeness (QED) is 0.823. The first-order valence-electron chi connectivity index (χ1n) is 9.30. The molecule has 0 aliphatic carbocycles. The highest BCUT2D eigenvalue weighted by Gasteiger charge is 2.43. The fourth-order valence-electron chi connectivity index (χ4n) is 4.27. The van der Waals surface area contributed by atoms with Gasteiger partial charge in [-0.25, -0.2) is 0 Å². The van der Waals surface area contributed by atoms with Crippen LogP contribution in [-0.2, 0) is 9.63 Å². The van der Waals surface area contributed by atoms with Crippen LogP contribution in [0, 0.1) is 17.2 Å². The highest BCUT2D eigenvalue weighted by atomic mass is 16.7. The molecule has 0 N–H and O–H groups in total. The Labute approximate surface area is 159 Å². The summed E-state index contributed by atoms with van der Waals surface area (Å²) in [5.74, 6) is 0.497. The molecule has 4 rings (SSSR count). The van der Waals surface area contributed by atoms with Crippen LogP contribution in [0.2, 0.25) is 0 Å². The predicted octanol–water partition coefficient (Wildman–Crippen LogP) is 3.38. The van der Waals surface area contributed by atoms with E-state index in [1.54, 1.807) is 6.92 Å². The number of amides is 1. The molecule has 5 heteroatoms. The molecule has 0 saturated carbocycles. The lowest BCUT2D eigenvalue weighted by atomic mass is 9.85. The van der Waals surface area contributed by atoms with E-state index in [1.807, 2.05) is 41.3 Å². The molecule has 0 bridgehead atoms. The Balaban J connectivity index is 1.59. The number of likely N-dealkylation sites (tertiary alicyclic amines) is 1. The first-order chi connectivity index (χ1) is 13.1. The first-order valence-corrected chi connectivity index (χ1v) is 9.30. The van der Waals surface area contributed by atoms with Gasteiger partial charge in [0.1, 0.15) is 0 Å². The molecule has 2 heterocycles. The third kappa shape index (κ3) is 3.34. The molecule has 2 aromatic carbocycles. The Bertz CT molecular complexity index is 870. The van der Waals surface area contributed by atoms with Crippen molar-refractivity contribution in [1.29, 1.82) is 5.26 Å². The molecule has 138 valence electrons. The van der Waals surface area contributed by atoms with Crippen molar-refractivity contribution in [3.05, 3.63) is 59.7 Å². The Hall–Kier alpha value is -2.68. The second kappa shape index (κ2) is 7.15. The van der Waals surface area contributed by atoms with E-state index in [4.69, 9.17) is 10.1 Å². The van der Waals surface area contributed by atoms with Crippen LogP contribution in [0.15, 0.2) is 48.5 Å². The topological polar surface area (TPSA) is 56.6 Å². The van der Waals surface area contributed by atoms with Gasteiger partial charge in [-0.15, -0.1) is 0 Å². The van der Waals surface area contributed by atoms with E-state index in [2.05, 4.69) is 30.3 Å². The number of carbonyl (C=O) groups is 1. The Kier molecular flexibility index (Phi) is 4.69. The summed E-state index contributed by atoms with van der Waals surface area (Å²) in [5, 5.41) is 10.9. The van der Waals surface area contributed by atoms with Gasteiger partial charge < -0.3 is 4.90 Å². The van der Waals surface area contributed by atoms with Crippen LogP contribution in [0.1, 0.15) is 30.5 Å². The van der Waals surface area contributed by atoms with Gasteiger partial charge in [-0.1, -0.05) is 36.4 Å². The van der Waals surface area contributed by atoms with Crippen molar-refractivity contribution in [2.24, 2.45) is 5.92 Å². The molecule has 27 heavy (non-hydrogen) atoms. The Morgan fingerprint density at radius 1 is 1.11 bits per heavy atom. The van der Waals surface area contributed by atoms with Gasteiger partial charge in [0.05, 0.1) is 24.3 Å². The summed E-state index contributed by atoms with van der Waals surface area (Å²) in [6.07, 6.45) is 0.886. The number of hydrogen-bond donors (Lipinski definition) is 0. The number of hydroxylamine groups is 2. The van der Waals surface area contributed by atoms with Crippen molar-refractivity contribution in [3.8, 4) is 17.2 Å². The minimum absolute atomic E-state index is 0.0721. The molecule has 1 amide bonds. The minimum atomic E-state index is 0.0721. The van der Waals surface area contributed by atoms with Crippen LogP contribution < -0.4 is 0 Å². The molecular weight excluding hydrogens is 338 g/mol. The normalized spacial score (nSPS) is 25.1. The van der Waals surface area contributed by atoms with Crippen LogP contribution in [-0.4, -0.2) is 42.1 Å². The maximum Gasteiger partial charge on any atom is 0.219 e. The fraction of sp³-hybridized carbons (Fsp3) is 0.364. The second-order valence-corrected chi connectivity index (χ2v) is 7.40. The SMILES string of the molecule is CC(=O)N1C[C@H]2CON(C)[C@H]2C[C@H]1c1ccc(-c2ccc(C#N)cc2)cc1. The van der Waals surface area contributed by atoms with Crippen molar-refractivity contribution >= 4 is 5.91 Å². The highest BCUT2D eigenvalue weighted by Crippen LogP contribution is 2.39. The molecular formula is C22H23N3O2. The molecule has 2 aliphatic rings. The lowest BCUT2D eigenvalue weighted by molar-refractivity contribution is -0.137. The molecule has 5 nitrogen and oxygen atoms in total. The summed E-state index contributed by atoms with van der Waals surface area (Å²) in [4.78, 5) is 19.9. The van der Waals surface area contributed by atoms with Crippen molar-refractivity contribution in [2.75, 3.05) is 20.2 Å². The molecule has 0 spiro atoms. The molecule has 2 fully saturated rings. The monoisotopic (exact) mass is 361 g/mol. The maximum atomic E-state index is 12.2. The highest BCUT2D eigenvalue weighted by molar-refractivity contribution is 5.74. The molecule has 0 radical (unpaired) electrons. The third-order valence-electron chi connectivity index (χ3n) is 5.82. The average Bonchev–Trinajstić information content (AvgIpc) is 3.07. The maximum absolute atomic E-state index is 12.2. The number of hydrogen-bond acceptors (Lipinski definition) is 4. The number of rotatable bonds is 2. The van der Waals surface area contributed by atoms with Gasteiger partial charge in [-0.3, -0.25) is 9.63 Å². The van der Waals surface area contributed by atoms with Crippen molar-refractivity contribution in [2.45, 2.75) is 25.4 Å². The molecule has 3 atom stereocenters. The zero-order valence-corrected chi connectivity index (χ0v) is 15.6. The Morgan fingerprint density at radius 2 is 1.74 bits per heavy atom. The van der Waals surface area contributed by atoms with Gasteiger partial charge >= 0.3 is 0 Å². The number of nitrogens with zero attached hydrogens (tertiary/aromatic N) is 3. The van der Waals surface area contributed by atoms with E-state index in [1.165, 1.54) is 0 Å². The lowest BCUT2D eigenvalue weighted by Crippen LogP contribution is -2.48. The van der Waals surface area contributed by atoms with E-state index in [0.717, 1.165) is 29.7 Å². The van der Waals surface area contributed by atoms with Crippen molar-refractivity contribution < 1.29 is 9.63 Å². The summed E-state index contributed by atoms with van der Waals surface area (Å²) in [6, 6.07) is 18.6. The summed E-state index contributed by atoms with van der Waals surface area (Å²) in [6.45, 7) is 3.08. The summed E-state index contributed by atoms with van der Waals surface area (Å²) < 4.78 is 0. The van der Waals surface area contributed by atoms with Crippen LogP contribution in [0.4, 0.5) is 0 Å². The number of piperidine rings is 1. The van der Waals surface area contributed by atoms with Gasteiger partial charge in [-0.05, 0) is 35.2 Å². The molecule has 2 aromatic rings. The average molecular weight is 361 g/mol. The molecule has 0 unspecified atom stereocenters. The standard InChI is InChI=1S/C22H23N3O2/c1-15(26)25-13-20-14-27-24(2)21(20)11-22(25)19-9-7-18(8-10-19)17-5-3-16(12-23)4-6-17/h3-10,20-22H,11,13-14H2,1-2H3/t20-,21-,22-/m0/s1. The van der Waals surface area contributed by atoms with E-state index in [-0.39, 0.29) is 11.9 Å². The summed E-state index contributed by atoms with van der Waals surface area (Å²) >= 11 is 0. The largest absolute Gasteiger partial charge is 0.335 e. The lowest BCUT2D eigenvalue weighted by Gasteiger charge is -2.41. The smallest absolute Gasteiger partial charge is 0.219 e. The Morgan fingerprint density at radius 3 is 2.33 bits per heavy atom. The van der Waals surface area contributed by atoms with Crippen LogP contribution >= 0.6 is 0 Å². The van der Waals surface area contributed by atoms with E-state index >= 15 is 0 Å². The molecule has 0 aromatic heterocycles. The molecule has 2 saturated heterocycles. The molecule has 2 aliphatic heterocycles. The third-order valence-corrected chi connectivity index (χ3v) is 5.82.